The molecule has 2 atom stereocenters. The van der Waals surface area contributed by atoms with Gasteiger partial charge in [-0.1, -0.05) is 96.3 Å². The minimum atomic E-state index is -0.998. The number of carbonyl (C=O) groups is 6. The van der Waals surface area contributed by atoms with Crippen LogP contribution in [0.1, 0.15) is 152 Å². The number of fused-ring (bicyclic) bond motifs is 5. The molecule has 2 spiro atoms. The van der Waals surface area contributed by atoms with Gasteiger partial charge in [0.1, 0.15) is 102 Å². The fraction of sp³-hybridized carbons (Fsp3) is 0.232. The van der Waals surface area contributed by atoms with Gasteiger partial charge >= 0.3 is 6.09 Å². The number of halogens is 13. The largest absolute Gasteiger partial charge is 0.444 e. The molecule has 2 heterocycles. The third-order valence-corrected chi connectivity index (χ3v) is 20.3. The van der Waals surface area contributed by atoms with Gasteiger partial charge in [-0.25, -0.2) is 62.5 Å². The molecule has 2 aliphatic heterocycles. The Bertz CT molecular complexity index is 5110. The summed E-state index contributed by atoms with van der Waals surface area (Å²) in [6.07, 6.45) is 7.57. The number of nitrogens with one attached hydrogen (secondary N) is 2. The zero-order valence-electron chi connectivity index (χ0n) is 59.8. The van der Waals surface area contributed by atoms with Gasteiger partial charge in [0.05, 0.1) is 35.3 Å². The molecule has 0 saturated heterocycles. The van der Waals surface area contributed by atoms with E-state index in [1.165, 1.54) is 63.8 Å². The summed E-state index contributed by atoms with van der Waals surface area (Å²) >= 11 is 7.76. The summed E-state index contributed by atoms with van der Waals surface area (Å²) < 4.78 is 163. The van der Waals surface area contributed by atoms with Crippen molar-refractivity contribution in [2.45, 2.75) is 101 Å². The number of hydrogen-bond acceptors (Lipinski definition) is 14. The number of Topliss-reactive ketones (excluding diaryl/α,β-unsaturated/α-hetero) is 3. The van der Waals surface area contributed by atoms with Crippen LogP contribution < -0.4 is 16.5 Å². The topological polar surface area (TPSA) is 202 Å². The third kappa shape index (κ3) is 21.9. The van der Waals surface area contributed by atoms with Gasteiger partial charge in [0, 0.05) is 23.8 Å². The van der Waals surface area contributed by atoms with E-state index in [0.717, 1.165) is 178 Å². The number of rotatable bonds is 11. The van der Waals surface area contributed by atoms with Crippen LogP contribution in [0.3, 0.4) is 0 Å². The van der Waals surface area contributed by atoms with Crippen LogP contribution in [0.25, 0.3) is 0 Å². The number of aryl methyl sites for hydroxylation is 3. The second-order valence-corrected chi connectivity index (χ2v) is 29.1. The van der Waals surface area contributed by atoms with Crippen molar-refractivity contribution in [3.05, 3.63) is 319 Å². The molecule has 0 bridgehead atoms. The van der Waals surface area contributed by atoms with E-state index < -0.39 is 127 Å². The molecule has 0 fully saturated rings. The van der Waals surface area contributed by atoms with Crippen LogP contribution in [-0.4, -0.2) is 80.6 Å². The summed E-state index contributed by atoms with van der Waals surface area (Å²) in [5.41, 5.74) is 14.2. The van der Waals surface area contributed by atoms with E-state index in [2.05, 4.69) is 50.2 Å². The first-order chi connectivity index (χ1) is 52.8. The van der Waals surface area contributed by atoms with E-state index in [1.807, 2.05) is 48.5 Å². The molecule has 2 amide bonds. The first-order valence-corrected chi connectivity index (χ1v) is 36.4. The molecule has 3 aliphatic carbocycles. The number of carbonyl (C=O) groups excluding carboxylic acids is 6. The Morgan fingerprint density at radius 2 is 0.955 bits per heavy atom. The van der Waals surface area contributed by atoms with Crippen LogP contribution in [0, 0.1) is 69.8 Å². The molecule has 0 radical (unpaired) electrons. The molecule has 29 heteroatoms. The summed E-state index contributed by atoms with van der Waals surface area (Å²) in [5.74, 6) is -9.81. The van der Waals surface area contributed by atoms with E-state index in [4.69, 9.17) is 22.1 Å². The van der Waals surface area contributed by atoms with Gasteiger partial charge < -0.3 is 15.8 Å². The maximum atomic E-state index is 14.2. The van der Waals surface area contributed by atoms with Gasteiger partial charge in [-0.3, -0.25) is 34.4 Å². The molecule has 4 N–H and O–H groups in total. The molecule has 2 unspecified atom stereocenters. The first kappa shape index (κ1) is 84.3. The Labute approximate surface area is 644 Å². The number of aliphatic imine (C=N–C) groups is 1. The maximum absolute atomic E-state index is 14.2. The van der Waals surface area contributed by atoms with Gasteiger partial charge in [0.25, 0.3) is 5.24 Å². The van der Waals surface area contributed by atoms with Gasteiger partial charge in [0.15, 0.2) is 17.3 Å². The fourth-order valence-electron chi connectivity index (χ4n) is 12.2. The first-order valence-electron chi connectivity index (χ1n) is 34.4. The minimum absolute atomic E-state index is 0.0937. The van der Waals surface area contributed by atoms with E-state index in [9.17, 15) is 81.5 Å². The Hall–Kier alpha value is -10.7. The SMILES string of the molecule is CC(=O)N1N=C(c2cc(F)ccc2F)SC12CCCc1ccccc12.CC(C)(C)OC(=O)NCC(=O)c1cc(F)ccc1F.Fc1ccc(F)c(C2=NNC3(CCCc4ccccc43)S2)c1.NCC(=O)c1cc(F)ccc1F.O=C(CN=C1CCCc2ccccc21)c1cc(F)ccc1F.O=C(Cl)c1cc(F)ccc1F. The number of hydrogen-bond donors (Lipinski definition) is 3. The normalized spacial score (nSPS) is 16.6. The zero-order valence-corrected chi connectivity index (χ0v) is 62.1. The van der Waals surface area contributed by atoms with E-state index in [1.54, 1.807) is 20.8 Å². The highest BCUT2D eigenvalue weighted by Gasteiger charge is 2.50. The predicted molar refractivity (Wildman–Crippen MR) is 401 cm³/mol. The van der Waals surface area contributed by atoms with Gasteiger partial charge in [-0.05, 0) is 233 Å². The van der Waals surface area contributed by atoms with Crippen LogP contribution in [0.4, 0.5) is 57.5 Å². The lowest BCUT2D eigenvalue weighted by Gasteiger charge is -2.39. The van der Waals surface area contributed by atoms with Crippen molar-refractivity contribution in [1.29, 1.82) is 0 Å². The number of hydrazone groups is 2. The molecule has 14 rings (SSSR count). The highest BCUT2D eigenvalue weighted by atomic mass is 35.5. The molecule has 578 valence electrons. The summed E-state index contributed by atoms with van der Waals surface area (Å²) in [5, 5.41) is 12.2. The number of benzene rings is 9. The quantitative estimate of drug-likeness (QED) is 0.0632. The maximum Gasteiger partial charge on any atom is 0.408 e. The standard InChI is InChI=1S/C19H16F2N2OS.C18H15F2NO.C17H14F2N2S.C13H15F2NO3.C8H7F2NO.C7H3ClF2O/c1-12(24)23-19(10-4-6-13-5-2-3-7-16(13)19)25-18(22-23)15-11-14(20)8-9-17(15)21;19-13-8-9-16(20)15(10-13)18(22)11-21-17-7-3-5-12-4-1-2-6-14(12)17;18-12-7-8-15(19)13(10-12)16-20-21-17(22-16)9-3-5-11-4-1-2-6-14(11)17;1-13(2,3)19-12(18)16-7-11(17)9-6-8(14)4-5-10(9)15;9-5-1-2-7(10)6(3-5)8(12)4-11;8-7(11)5-3-4(9)1-2-6(5)10/h2-3,5,7-9,11H,4,6,10H2,1H3;1-2,4,6,8-10H,3,5,7,11H2;1-2,4,6-8,10,21H,3,5,9H2;4-6H,7H2,1-3H3,(H,16,18);1-3H,4,11H2;1-3H. The average molecular weight is 1590 g/mol. The Morgan fingerprint density at radius 1 is 0.514 bits per heavy atom. The van der Waals surface area contributed by atoms with Crippen molar-refractivity contribution in [3.8, 4) is 0 Å². The fourth-order valence-corrected chi connectivity index (χ4v) is 15.2. The van der Waals surface area contributed by atoms with E-state index in [0.29, 0.717) is 10.1 Å². The van der Waals surface area contributed by atoms with Gasteiger partial charge in [0.2, 0.25) is 5.91 Å². The lowest BCUT2D eigenvalue weighted by Crippen LogP contribution is -2.42. The number of ether oxygens (including phenoxy) is 1. The second kappa shape index (κ2) is 37.8. The number of nitrogens with two attached hydrogens (primary N) is 1. The minimum Gasteiger partial charge on any atom is -0.444 e. The Balaban J connectivity index is 0.000000156. The zero-order chi connectivity index (χ0) is 80.5. The summed E-state index contributed by atoms with van der Waals surface area (Å²) in [7, 11) is 0. The predicted octanol–water partition coefficient (Wildman–Crippen LogP) is 18.7. The molecular weight excluding hydrogens is 1520 g/mol. The Morgan fingerprint density at radius 3 is 1.48 bits per heavy atom. The number of nitrogens with zero attached hydrogens (tertiary/aromatic N) is 4. The molecule has 5 aliphatic rings. The molecule has 9 aromatic rings. The van der Waals surface area contributed by atoms with Crippen LogP contribution in [0.2, 0.25) is 0 Å². The molecular formula is C82H70ClF12N7O7S2. The van der Waals surface area contributed by atoms with Crippen molar-refractivity contribution in [2.24, 2.45) is 20.9 Å². The van der Waals surface area contributed by atoms with Crippen molar-refractivity contribution in [2.75, 3.05) is 19.6 Å². The Kier molecular flexibility index (Phi) is 28.7. The number of thioether (sulfide) groups is 2. The smallest absolute Gasteiger partial charge is 0.408 e. The van der Waals surface area contributed by atoms with E-state index >= 15 is 0 Å². The van der Waals surface area contributed by atoms with E-state index in [-0.39, 0.29) is 46.1 Å². The highest BCUT2D eigenvalue weighted by molar-refractivity contribution is 8.15. The third-order valence-electron chi connectivity index (χ3n) is 17.3. The molecule has 0 aromatic heterocycles. The summed E-state index contributed by atoms with van der Waals surface area (Å²) in [6.45, 7) is 5.51. The van der Waals surface area contributed by atoms with Gasteiger partial charge in [-0.15, -0.1) is 0 Å². The van der Waals surface area contributed by atoms with Crippen LogP contribution >= 0.6 is 35.1 Å². The lowest BCUT2D eigenvalue weighted by atomic mass is 9.86. The highest BCUT2D eigenvalue weighted by Crippen LogP contribution is 2.54. The lowest BCUT2D eigenvalue weighted by molar-refractivity contribution is -0.132. The summed E-state index contributed by atoms with van der Waals surface area (Å²) in [4.78, 5) is 71.8. The van der Waals surface area contributed by atoms with Crippen molar-refractivity contribution in [1.82, 2.24) is 15.8 Å². The van der Waals surface area contributed by atoms with Crippen LogP contribution in [0.15, 0.2) is 197 Å². The molecule has 14 nitrogen and oxygen atoms in total. The number of amides is 2. The van der Waals surface area contributed by atoms with Crippen LogP contribution in [-0.2, 0) is 38.5 Å². The van der Waals surface area contributed by atoms with Gasteiger partial charge in [-0.2, -0.15) is 10.2 Å². The number of alkyl carbamates (subject to hydrolysis) is 1. The monoisotopic (exact) mass is 1590 g/mol. The van der Waals surface area contributed by atoms with Crippen molar-refractivity contribution in [3.63, 3.8) is 0 Å². The molecule has 0 saturated carbocycles. The molecule has 111 heavy (non-hydrogen) atoms. The average Bonchev–Trinajstić information content (AvgIpc) is 1.60. The summed E-state index contributed by atoms with van der Waals surface area (Å²) in [6, 6.07) is 41.6. The number of ketones is 3. The molecule has 9 aromatic carbocycles. The van der Waals surface area contributed by atoms with Crippen molar-refractivity contribution < 1.29 is 86.2 Å². The van der Waals surface area contributed by atoms with Crippen molar-refractivity contribution >= 4 is 85.5 Å². The van der Waals surface area contributed by atoms with Crippen LogP contribution in [0.5, 0.6) is 0 Å². The second-order valence-electron chi connectivity index (χ2n) is 26.2.